The van der Waals surface area contributed by atoms with E-state index < -0.39 is 23.7 Å². The molecule has 3 atom stereocenters. The number of hydrogen-bond acceptors (Lipinski definition) is 3. The Balaban J connectivity index is 2.05. The van der Waals surface area contributed by atoms with Gasteiger partial charge in [0, 0.05) is 16.3 Å². The number of aliphatic hydroxyl groups is 1. The van der Waals surface area contributed by atoms with Crippen molar-refractivity contribution in [3.05, 3.63) is 34.9 Å². The number of hydrazone groups is 1. The molecule has 1 aromatic rings. The Kier molecular flexibility index (Phi) is 4.12. The van der Waals surface area contributed by atoms with Gasteiger partial charge in [-0.15, -0.1) is 0 Å². The van der Waals surface area contributed by atoms with E-state index in [1.165, 1.54) is 24.3 Å². The van der Waals surface area contributed by atoms with Crippen LogP contribution in [0.5, 0.6) is 0 Å². The number of halogens is 4. The van der Waals surface area contributed by atoms with Crippen LogP contribution in [-0.4, -0.2) is 33.6 Å². The molecule has 0 spiro atoms. The fourth-order valence-corrected chi connectivity index (χ4v) is 3.55. The minimum absolute atomic E-state index is 0.0176. The molecule has 3 rings (SSSR count). The zero-order chi connectivity index (χ0) is 17.7. The van der Waals surface area contributed by atoms with Gasteiger partial charge >= 0.3 is 6.18 Å². The van der Waals surface area contributed by atoms with Crippen molar-refractivity contribution < 1.29 is 23.1 Å². The van der Waals surface area contributed by atoms with Gasteiger partial charge in [0.1, 0.15) is 0 Å². The van der Waals surface area contributed by atoms with Gasteiger partial charge in [-0.1, -0.05) is 24.6 Å². The fourth-order valence-electron chi connectivity index (χ4n) is 3.36. The zero-order valence-electron chi connectivity index (χ0n) is 12.8. The molecule has 1 N–H and O–H groups in total. The first-order chi connectivity index (χ1) is 11.1. The number of fused-ring (bicyclic) bond motifs is 1. The number of carbonyl (C=O) groups excluding carboxylic acids is 1. The predicted octanol–water partition coefficient (Wildman–Crippen LogP) is 3.84. The molecule has 130 valence electrons. The summed E-state index contributed by atoms with van der Waals surface area (Å²) < 4.78 is 41.1. The summed E-state index contributed by atoms with van der Waals surface area (Å²) in [5, 5.41) is 14.8. The Hall–Kier alpha value is -1.60. The molecule has 4 nitrogen and oxygen atoms in total. The number of alkyl halides is 3. The highest BCUT2D eigenvalue weighted by Crippen LogP contribution is 2.49. The topological polar surface area (TPSA) is 52.9 Å². The first kappa shape index (κ1) is 17.2. The van der Waals surface area contributed by atoms with Gasteiger partial charge in [0.05, 0.1) is 5.92 Å². The third-order valence-corrected chi connectivity index (χ3v) is 4.89. The van der Waals surface area contributed by atoms with Crippen molar-refractivity contribution in [3.63, 3.8) is 0 Å². The standard InChI is InChI=1S/C16H16ClF3N2O2/c1-9-5-6-13-12(7-9)15(24,16(18,19)20)22(21-13)14(23)10-3-2-4-11(17)8-10/h2-4,8-9,12,24H,5-7H2,1H3/t9-,12+,15-/m1/s1. The first-order valence-electron chi connectivity index (χ1n) is 7.61. The molecule has 1 aromatic carbocycles. The van der Waals surface area contributed by atoms with Gasteiger partial charge in [0.15, 0.2) is 0 Å². The van der Waals surface area contributed by atoms with Crippen LogP contribution in [0.1, 0.15) is 36.5 Å². The highest BCUT2D eigenvalue weighted by Gasteiger charge is 2.68. The van der Waals surface area contributed by atoms with Crippen molar-refractivity contribution in [1.29, 1.82) is 0 Å². The molecule has 1 fully saturated rings. The summed E-state index contributed by atoms with van der Waals surface area (Å²) in [6.45, 7) is 1.83. The number of hydrogen-bond donors (Lipinski definition) is 1. The van der Waals surface area contributed by atoms with Crippen molar-refractivity contribution in [2.45, 2.75) is 38.1 Å². The van der Waals surface area contributed by atoms with Crippen LogP contribution in [-0.2, 0) is 0 Å². The molecular weight excluding hydrogens is 345 g/mol. The number of carbonyl (C=O) groups is 1. The van der Waals surface area contributed by atoms with Gasteiger partial charge in [-0.25, -0.2) is 0 Å². The third kappa shape index (κ3) is 2.59. The molecule has 0 saturated heterocycles. The Bertz CT molecular complexity index is 707. The smallest absolute Gasteiger partial charge is 0.362 e. The van der Waals surface area contributed by atoms with E-state index in [2.05, 4.69) is 5.10 Å². The normalized spacial score (nSPS) is 30.1. The zero-order valence-corrected chi connectivity index (χ0v) is 13.6. The van der Waals surface area contributed by atoms with Gasteiger partial charge < -0.3 is 5.11 Å². The van der Waals surface area contributed by atoms with E-state index in [0.29, 0.717) is 12.8 Å². The second kappa shape index (κ2) is 5.74. The van der Waals surface area contributed by atoms with E-state index in [4.69, 9.17) is 11.6 Å². The van der Waals surface area contributed by atoms with Gasteiger partial charge in [-0.2, -0.15) is 23.3 Å². The lowest BCUT2D eigenvalue weighted by Gasteiger charge is -2.39. The van der Waals surface area contributed by atoms with Gasteiger partial charge in [-0.3, -0.25) is 4.79 Å². The summed E-state index contributed by atoms with van der Waals surface area (Å²) in [6.07, 6.45) is -3.87. The maximum atomic E-state index is 13.7. The minimum atomic E-state index is -5.02. The molecule has 24 heavy (non-hydrogen) atoms. The highest BCUT2D eigenvalue weighted by atomic mass is 35.5. The Morgan fingerprint density at radius 3 is 2.79 bits per heavy atom. The van der Waals surface area contributed by atoms with Crippen molar-refractivity contribution >= 4 is 23.2 Å². The second-order valence-electron chi connectivity index (χ2n) is 6.37. The van der Waals surface area contributed by atoms with Crippen LogP contribution < -0.4 is 0 Å². The van der Waals surface area contributed by atoms with E-state index in [9.17, 15) is 23.1 Å². The van der Waals surface area contributed by atoms with Crippen molar-refractivity contribution in [1.82, 2.24) is 5.01 Å². The average Bonchev–Trinajstić information content (AvgIpc) is 2.80. The SMILES string of the molecule is C[C@@H]1CCC2=NN(C(=O)c3cccc(Cl)c3)[C@](O)(C(F)(F)F)[C@H]2C1. The van der Waals surface area contributed by atoms with Crippen LogP contribution in [0.15, 0.2) is 29.4 Å². The van der Waals surface area contributed by atoms with E-state index in [0.717, 1.165) is 0 Å². The number of amides is 1. The predicted molar refractivity (Wildman–Crippen MR) is 82.6 cm³/mol. The monoisotopic (exact) mass is 360 g/mol. The van der Waals surface area contributed by atoms with E-state index in [-0.39, 0.29) is 33.6 Å². The first-order valence-corrected chi connectivity index (χ1v) is 7.99. The summed E-state index contributed by atoms with van der Waals surface area (Å²) in [7, 11) is 0. The van der Waals surface area contributed by atoms with E-state index >= 15 is 0 Å². The summed E-state index contributed by atoms with van der Waals surface area (Å²) in [5.74, 6) is -2.24. The molecule has 8 heteroatoms. The molecule has 1 aliphatic heterocycles. The Morgan fingerprint density at radius 1 is 1.46 bits per heavy atom. The van der Waals surface area contributed by atoms with Crippen LogP contribution in [0, 0.1) is 11.8 Å². The van der Waals surface area contributed by atoms with Crippen LogP contribution in [0.2, 0.25) is 5.02 Å². The summed E-state index contributed by atoms with van der Waals surface area (Å²) in [4.78, 5) is 12.6. The maximum Gasteiger partial charge on any atom is 0.439 e. The van der Waals surface area contributed by atoms with Crippen LogP contribution >= 0.6 is 11.6 Å². The van der Waals surface area contributed by atoms with Crippen molar-refractivity contribution in [3.8, 4) is 0 Å². The van der Waals surface area contributed by atoms with Crippen molar-refractivity contribution in [2.75, 3.05) is 0 Å². The molecule has 0 aromatic heterocycles. The summed E-state index contributed by atoms with van der Waals surface area (Å²) in [5.41, 5.74) is -3.15. The number of nitrogens with zero attached hydrogens (tertiary/aromatic N) is 2. The van der Waals surface area contributed by atoms with Crippen LogP contribution in [0.25, 0.3) is 0 Å². The lowest BCUT2D eigenvalue weighted by Crippen LogP contribution is -2.61. The maximum absolute atomic E-state index is 13.7. The van der Waals surface area contributed by atoms with E-state index in [1.807, 2.05) is 6.92 Å². The second-order valence-corrected chi connectivity index (χ2v) is 6.81. The van der Waals surface area contributed by atoms with Crippen LogP contribution in [0.3, 0.4) is 0 Å². The average molecular weight is 361 g/mol. The quantitative estimate of drug-likeness (QED) is 0.827. The molecule has 0 unspecified atom stereocenters. The van der Waals surface area contributed by atoms with E-state index in [1.54, 1.807) is 0 Å². The van der Waals surface area contributed by atoms with Crippen molar-refractivity contribution in [2.24, 2.45) is 16.9 Å². The largest absolute Gasteiger partial charge is 0.439 e. The molecule has 2 aliphatic rings. The Labute approximate surface area is 141 Å². The van der Waals surface area contributed by atoms with Gasteiger partial charge in [0.2, 0.25) is 0 Å². The van der Waals surface area contributed by atoms with Gasteiger partial charge in [-0.05, 0) is 43.4 Å². The number of benzene rings is 1. The van der Waals surface area contributed by atoms with Gasteiger partial charge in [0.25, 0.3) is 11.6 Å². The molecule has 1 heterocycles. The summed E-state index contributed by atoms with van der Waals surface area (Å²) >= 11 is 5.81. The third-order valence-electron chi connectivity index (χ3n) is 4.65. The Morgan fingerprint density at radius 2 is 2.17 bits per heavy atom. The minimum Gasteiger partial charge on any atom is -0.362 e. The highest BCUT2D eigenvalue weighted by molar-refractivity contribution is 6.31. The summed E-state index contributed by atoms with van der Waals surface area (Å²) in [6, 6.07) is 5.56. The molecule has 1 amide bonds. The lowest BCUT2D eigenvalue weighted by molar-refractivity contribution is -0.313. The molecule has 0 radical (unpaired) electrons. The lowest BCUT2D eigenvalue weighted by atomic mass is 9.76. The molecule has 0 bridgehead atoms. The number of rotatable bonds is 1. The molecular formula is C16H16ClF3N2O2. The van der Waals surface area contributed by atoms with Crippen LogP contribution in [0.4, 0.5) is 13.2 Å². The molecule has 1 saturated carbocycles. The molecule has 1 aliphatic carbocycles. The fraction of sp³-hybridized carbons (Fsp3) is 0.500.